The molecule has 0 spiro atoms. The second-order valence-corrected chi connectivity index (χ2v) is 6.30. The highest BCUT2D eigenvalue weighted by atomic mass is 16.5. The second-order valence-electron chi connectivity index (χ2n) is 6.30. The average molecular weight is 378 g/mol. The van der Waals surface area contributed by atoms with Crippen molar-refractivity contribution in [1.29, 1.82) is 0 Å². The van der Waals surface area contributed by atoms with Crippen LogP contribution in [0.25, 0.3) is 0 Å². The van der Waals surface area contributed by atoms with Crippen LogP contribution in [0.4, 0.5) is 5.69 Å². The molecule has 0 fully saturated rings. The Labute approximate surface area is 163 Å². The first-order chi connectivity index (χ1) is 13.6. The van der Waals surface area contributed by atoms with Gasteiger partial charge in [0.1, 0.15) is 5.75 Å². The van der Waals surface area contributed by atoms with Crippen LogP contribution in [0.1, 0.15) is 29.0 Å². The number of benzene rings is 2. The van der Waals surface area contributed by atoms with Crippen molar-refractivity contribution in [1.82, 2.24) is 5.32 Å². The van der Waals surface area contributed by atoms with Crippen molar-refractivity contribution in [3.05, 3.63) is 78.3 Å². The molecule has 0 bridgehead atoms. The average Bonchev–Trinajstić information content (AvgIpc) is 3.23. The van der Waals surface area contributed by atoms with Gasteiger partial charge in [-0.15, -0.1) is 0 Å². The number of rotatable bonds is 8. The zero-order valence-corrected chi connectivity index (χ0v) is 15.6. The Hall–Kier alpha value is -3.54. The largest absolute Gasteiger partial charge is 0.459 e. The lowest BCUT2D eigenvalue weighted by Gasteiger charge is -2.12. The van der Waals surface area contributed by atoms with Gasteiger partial charge in [0.15, 0.2) is 11.5 Å². The van der Waals surface area contributed by atoms with Crippen molar-refractivity contribution in [2.24, 2.45) is 0 Å². The van der Waals surface area contributed by atoms with E-state index in [-0.39, 0.29) is 24.0 Å². The molecule has 0 aliphatic carbocycles. The van der Waals surface area contributed by atoms with Gasteiger partial charge in [-0.25, -0.2) is 0 Å². The summed E-state index contributed by atoms with van der Waals surface area (Å²) < 4.78 is 10.9. The maximum Gasteiger partial charge on any atom is 0.286 e. The van der Waals surface area contributed by atoms with E-state index in [0.29, 0.717) is 30.2 Å². The number of carbonyl (C=O) groups is 2. The molecule has 144 valence electrons. The van der Waals surface area contributed by atoms with Gasteiger partial charge >= 0.3 is 0 Å². The van der Waals surface area contributed by atoms with Gasteiger partial charge in [0.05, 0.1) is 12.0 Å². The number of furan rings is 1. The highest BCUT2D eigenvalue weighted by Crippen LogP contribution is 2.29. The fourth-order valence-electron chi connectivity index (χ4n) is 2.55. The molecule has 0 atom stereocenters. The van der Waals surface area contributed by atoms with Crippen LogP contribution in [0.15, 0.2) is 71.3 Å². The van der Waals surface area contributed by atoms with E-state index in [4.69, 9.17) is 9.15 Å². The van der Waals surface area contributed by atoms with Gasteiger partial charge in [0.25, 0.3) is 5.91 Å². The molecule has 1 aromatic heterocycles. The predicted octanol–water partition coefficient (Wildman–Crippen LogP) is 4.53. The molecule has 2 aromatic carbocycles. The highest BCUT2D eigenvalue weighted by Gasteiger charge is 2.10. The van der Waals surface area contributed by atoms with E-state index in [1.807, 2.05) is 43.3 Å². The minimum absolute atomic E-state index is 0.146. The third-order valence-electron chi connectivity index (χ3n) is 4.02. The smallest absolute Gasteiger partial charge is 0.286 e. The van der Waals surface area contributed by atoms with Gasteiger partial charge in [-0.2, -0.15) is 0 Å². The Balaban J connectivity index is 1.48. The molecule has 0 saturated heterocycles. The van der Waals surface area contributed by atoms with Crippen molar-refractivity contribution < 1.29 is 18.7 Å². The van der Waals surface area contributed by atoms with E-state index in [2.05, 4.69) is 10.6 Å². The fraction of sp³-hybridized carbons (Fsp3) is 0.182. The molecule has 3 rings (SSSR count). The summed E-state index contributed by atoms with van der Waals surface area (Å²) in [5.74, 6) is 1.10. The molecule has 6 nitrogen and oxygen atoms in total. The Bertz CT molecular complexity index is 918. The first-order valence-corrected chi connectivity index (χ1v) is 9.07. The summed E-state index contributed by atoms with van der Waals surface area (Å²) >= 11 is 0. The van der Waals surface area contributed by atoms with Crippen LogP contribution >= 0.6 is 0 Å². The van der Waals surface area contributed by atoms with Gasteiger partial charge in [0, 0.05) is 13.0 Å². The Kier molecular flexibility index (Phi) is 6.46. The van der Waals surface area contributed by atoms with Crippen LogP contribution in [0.3, 0.4) is 0 Å². The van der Waals surface area contributed by atoms with Gasteiger partial charge in [-0.1, -0.05) is 29.8 Å². The molecule has 0 aliphatic rings. The summed E-state index contributed by atoms with van der Waals surface area (Å²) in [6.07, 6.45) is 2.23. The minimum Gasteiger partial charge on any atom is -0.459 e. The molecule has 0 unspecified atom stereocenters. The van der Waals surface area contributed by atoms with Crippen LogP contribution in [0.2, 0.25) is 0 Å². The Morgan fingerprint density at radius 2 is 1.79 bits per heavy atom. The van der Waals surface area contributed by atoms with Crippen molar-refractivity contribution in [3.63, 3.8) is 0 Å². The number of para-hydroxylation sites is 2. The molecule has 3 aromatic rings. The zero-order chi connectivity index (χ0) is 19.8. The first-order valence-electron chi connectivity index (χ1n) is 9.07. The molecule has 0 saturated carbocycles. The molecular formula is C22H22N2O4. The van der Waals surface area contributed by atoms with Crippen LogP contribution < -0.4 is 15.4 Å². The van der Waals surface area contributed by atoms with Gasteiger partial charge < -0.3 is 19.8 Å². The van der Waals surface area contributed by atoms with Crippen molar-refractivity contribution >= 4 is 17.5 Å². The summed E-state index contributed by atoms with van der Waals surface area (Å²) in [5.41, 5.74) is 1.75. The standard InChI is InChI=1S/C22H22N2O4/c1-16-10-12-17(13-11-16)28-19-7-3-2-6-18(19)24-21(25)9-4-14-23-22(26)20-8-5-15-27-20/h2-3,5-8,10-13,15H,4,9,14H2,1H3,(H,23,26)(H,24,25). The van der Waals surface area contributed by atoms with Crippen LogP contribution in [0.5, 0.6) is 11.5 Å². The number of hydrogen-bond donors (Lipinski definition) is 2. The lowest BCUT2D eigenvalue weighted by Crippen LogP contribution is -2.25. The topological polar surface area (TPSA) is 80.6 Å². The van der Waals surface area contributed by atoms with E-state index in [0.717, 1.165) is 5.56 Å². The fourth-order valence-corrected chi connectivity index (χ4v) is 2.55. The normalized spacial score (nSPS) is 10.3. The third-order valence-corrected chi connectivity index (χ3v) is 4.02. The van der Waals surface area contributed by atoms with Crippen LogP contribution in [0, 0.1) is 6.92 Å². The number of anilines is 1. The molecule has 28 heavy (non-hydrogen) atoms. The highest BCUT2D eigenvalue weighted by molar-refractivity contribution is 5.93. The maximum absolute atomic E-state index is 12.2. The van der Waals surface area contributed by atoms with Gasteiger partial charge in [-0.3, -0.25) is 9.59 Å². The number of nitrogens with one attached hydrogen (secondary N) is 2. The quantitative estimate of drug-likeness (QED) is 0.565. The lowest BCUT2D eigenvalue weighted by molar-refractivity contribution is -0.116. The Morgan fingerprint density at radius 1 is 1.00 bits per heavy atom. The molecule has 6 heteroatoms. The molecular weight excluding hydrogens is 356 g/mol. The monoisotopic (exact) mass is 378 g/mol. The lowest BCUT2D eigenvalue weighted by atomic mass is 10.2. The van der Waals surface area contributed by atoms with E-state index < -0.39 is 0 Å². The van der Waals surface area contributed by atoms with Crippen molar-refractivity contribution in [2.75, 3.05) is 11.9 Å². The summed E-state index contributed by atoms with van der Waals surface area (Å²) in [4.78, 5) is 24.0. The van der Waals surface area contributed by atoms with Crippen molar-refractivity contribution in [2.45, 2.75) is 19.8 Å². The van der Waals surface area contributed by atoms with E-state index >= 15 is 0 Å². The number of aryl methyl sites for hydroxylation is 1. The zero-order valence-electron chi connectivity index (χ0n) is 15.6. The number of ether oxygens (including phenoxy) is 1. The molecule has 2 amide bonds. The summed E-state index contributed by atoms with van der Waals surface area (Å²) in [6.45, 7) is 2.39. The maximum atomic E-state index is 12.2. The molecule has 1 heterocycles. The summed E-state index contributed by atoms with van der Waals surface area (Å²) in [6, 6.07) is 18.2. The van der Waals surface area contributed by atoms with E-state index in [1.165, 1.54) is 6.26 Å². The molecule has 0 aliphatic heterocycles. The van der Waals surface area contributed by atoms with Gasteiger partial charge in [0.2, 0.25) is 5.91 Å². The van der Waals surface area contributed by atoms with Crippen LogP contribution in [-0.4, -0.2) is 18.4 Å². The summed E-state index contributed by atoms with van der Waals surface area (Å²) in [5, 5.41) is 5.58. The van der Waals surface area contributed by atoms with Crippen molar-refractivity contribution in [3.8, 4) is 11.5 Å². The Morgan fingerprint density at radius 3 is 2.54 bits per heavy atom. The number of carbonyl (C=O) groups excluding carboxylic acids is 2. The number of hydrogen-bond acceptors (Lipinski definition) is 4. The first kappa shape index (κ1) is 19.2. The van der Waals surface area contributed by atoms with Gasteiger partial charge in [-0.05, 0) is 49.7 Å². The molecule has 2 N–H and O–H groups in total. The minimum atomic E-state index is -0.290. The predicted molar refractivity (Wildman–Crippen MR) is 107 cm³/mol. The third kappa shape index (κ3) is 5.48. The van der Waals surface area contributed by atoms with E-state index in [1.54, 1.807) is 24.3 Å². The molecule has 0 radical (unpaired) electrons. The van der Waals surface area contributed by atoms with E-state index in [9.17, 15) is 9.59 Å². The summed E-state index contributed by atoms with van der Waals surface area (Å²) in [7, 11) is 0. The van der Waals surface area contributed by atoms with Crippen LogP contribution in [-0.2, 0) is 4.79 Å². The SMILES string of the molecule is Cc1ccc(Oc2ccccc2NC(=O)CCCNC(=O)c2ccco2)cc1. The number of amides is 2. The second kappa shape index (κ2) is 9.41.